The molecule has 2 aromatic heterocycles. The van der Waals surface area contributed by atoms with Gasteiger partial charge < -0.3 is 15.5 Å². The molecule has 7 nitrogen and oxygen atoms in total. The lowest BCUT2D eigenvalue weighted by Gasteiger charge is -2.20. The van der Waals surface area contributed by atoms with Gasteiger partial charge in [-0.2, -0.15) is 5.10 Å². The number of nitrogens with one attached hydrogen (secondary N) is 2. The third-order valence-corrected chi connectivity index (χ3v) is 5.50. The summed E-state index contributed by atoms with van der Waals surface area (Å²) in [6.45, 7) is 9.61. The van der Waals surface area contributed by atoms with Crippen LogP contribution in [0.25, 0.3) is 0 Å². The average molecular weight is 532 g/mol. The molecule has 0 saturated carbocycles. The second kappa shape index (κ2) is 11.0. The highest BCUT2D eigenvalue weighted by Crippen LogP contribution is 2.25. The number of hydrogen-bond acceptors (Lipinski definition) is 4. The van der Waals surface area contributed by atoms with E-state index in [0.717, 1.165) is 56.5 Å². The average Bonchev–Trinajstić information content (AvgIpc) is 3.22. The van der Waals surface area contributed by atoms with Gasteiger partial charge in [-0.25, -0.2) is 4.98 Å². The van der Waals surface area contributed by atoms with Gasteiger partial charge in [0.2, 0.25) is 0 Å². The van der Waals surface area contributed by atoms with Gasteiger partial charge in [-0.05, 0) is 51.3 Å². The molecule has 9 heteroatoms. The maximum absolute atomic E-state index is 6.29. The van der Waals surface area contributed by atoms with Crippen LogP contribution < -0.4 is 15.5 Å². The van der Waals surface area contributed by atoms with E-state index >= 15 is 0 Å². The Kier molecular flexibility index (Phi) is 9.01. The minimum absolute atomic E-state index is 0. The van der Waals surface area contributed by atoms with Gasteiger partial charge in [-0.1, -0.05) is 11.6 Å². The number of guanidine groups is 1. The summed E-state index contributed by atoms with van der Waals surface area (Å²) >= 11 is 6.29. The van der Waals surface area contributed by atoms with E-state index in [1.165, 1.54) is 11.3 Å². The molecule has 1 aliphatic heterocycles. The molecule has 0 aromatic carbocycles. The van der Waals surface area contributed by atoms with Crippen molar-refractivity contribution in [3.05, 3.63) is 40.3 Å². The third-order valence-electron chi connectivity index (χ3n) is 5.20. The van der Waals surface area contributed by atoms with Crippen LogP contribution in [-0.4, -0.2) is 52.9 Å². The van der Waals surface area contributed by atoms with E-state index in [0.29, 0.717) is 11.1 Å². The second-order valence-electron chi connectivity index (χ2n) is 7.17. The van der Waals surface area contributed by atoms with Crippen molar-refractivity contribution in [1.82, 2.24) is 25.4 Å². The molecule has 0 amide bonds. The zero-order valence-electron chi connectivity index (χ0n) is 17.6. The topological polar surface area (TPSA) is 70.4 Å². The first-order valence-electron chi connectivity index (χ1n) is 9.89. The Labute approximate surface area is 195 Å². The van der Waals surface area contributed by atoms with Gasteiger partial charge in [0.05, 0.1) is 10.7 Å². The molecule has 1 atom stereocenters. The molecule has 29 heavy (non-hydrogen) atoms. The Morgan fingerprint density at radius 1 is 1.38 bits per heavy atom. The number of pyridine rings is 1. The fraction of sp³-hybridized carbons (Fsp3) is 0.550. The number of aromatic nitrogens is 3. The van der Waals surface area contributed by atoms with Crippen molar-refractivity contribution in [1.29, 1.82) is 0 Å². The maximum atomic E-state index is 6.29. The molecule has 0 spiro atoms. The van der Waals surface area contributed by atoms with Gasteiger partial charge in [0, 0.05) is 51.2 Å². The van der Waals surface area contributed by atoms with Crippen LogP contribution in [0.3, 0.4) is 0 Å². The standard InChI is InChI=1S/C20H30ClN7.HI/c1-5-22-20(24-11-8-17-14(2)26-27(4)15(17)3)25-16-9-12-28(13-16)19-18(21)7-6-10-23-19;/h6-7,10,16H,5,8-9,11-13H2,1-4H3,(H2,22,24,25);1H. The predicted octanol–water partition coefficient (Wildman–Crippen LogP) is 3.08. The van der Waals surface area contributed by atoms with Crippen molar-refractivity contribution < 1.29 is 0 Å². The fourth-order valence-corrected chi connectivity index (χ4v) is 3.89. The highest BCUT2D eigenvalue weighted by Gasteiger charge is 2.25. The van der Waals surface area contributed by atoms with E-state index in [2.05, 4.69) is 46.4 Å². The maximum Gasteiger partial charge on any atom is 0.191 e. The van der Waals surface area contributed by atoms with Crippen LogP contribution >= 0.6 is 35.6 Å². The molecule has 0 radical (unpaired) electrons. The smallest absolute Gasteiger partial charge is 0.191 e. The number of halogens is 2. The van der Waals surface area contributed by atoms with Crippen LogP contribution in [0.5, 0.6) is 0 Å². The molecule has 3 heterocycles. The van der Waals surface area contributed by atoms with Crippen LogP contribution in [0, 0.1) is 13.8 Å². The van der Waals surface area contributed by atoms with Crippen LogP contribution in [0.1, 0.15) is 30.3 Å². The van der Waals surface area contributed by atoms with Crippen molar-refractivity contribution in [2.45, 2.75) is 39.7 Å². The van der Waals surface area contributed by atoms with Crippen LogP contribution in [0.2, 0.25) is 5.02 Å². The van der Waals surface area contributed by atoms with Crippen LogP contribution in [-0.2, 0) is 13.5 Å². The lowest BCUT2D eigenvalue weighted by Crippen LogP contribution is -2.44. The van der Waals surface area contributed by atoms with E-state index < -0.39 is 0 Å². The summed E-state index contributed by atoms with van der Waals surface area (Å²) in [5.41, 5.74) is 3.59. The first-order valence-corrected chi connectivity index (χ1v) is 10.3. The molecule has 3 rings (SSSR count). The molecule has 2 aromatic rings. The zero-order valence-corrected chi connectivity index (χ0v) is 20.7. The fourth-order valence-electron chi connectivity index (χ4n) is 3.65. The van der Waals surface area contributed by atoms with Crippen molar-refractivity contribution in [2.24, 2.45) is 12.0 Å². The summed E-state index contributed by atoms with van der Waals surface area (Å²) in [7, 11) is 1.99. The SMILES string of the molecule is CCNC(=NCCc1c(C)nn(C)c1C)NC1CCN(c2ncccc2Cl)C1.I. The highest BCUT2D eigenvalue weighted by atomic mass is 127. The largest absolute Gasteiger partial charge is 0.357 e. The second-order valence-corrected chi connectivity index (χ2v) is 7.58. The molecule has 1 unspecified atom stereocenters. The predicted molar refractivity (Wildman–Crippen MR) is 131 cm³/mol. The first kappa shape index (κ1) is 23.7. The van der Waals surface area contributed by atoms with Gasteiger partial charge in [0.1, 0.15) is 5.82 Å². The summed E-state index contributed by atoms with van der Waals surface area (Å²) in [5, 5.41) is 12.1. The molecule has 2 N–H and O–H groups in total. The van der Waals surface area contributed by atoms with E-state index in [1.807, 2.05) is 23.9 Å². The highest BCUT2D eigenvalue weighted by molar-refractivity contribution is 14.0. The van der Waals surface area contributed by atoms with Crippen LogP contribution in [0.4, 0.5) is 5.82 Å². The van der Waals surface area contributed by atoms with Crippen molar-refractivity contribution in [3.63, 3.8) is 0 Å². The lowest BCUT2D eigenvalue weighted by atomic mass is 10.1. The molecule has 1 aliphatic rings. The van der Waals surface area contributed by atoms with Gasteiger partial charge in [0.15, 0.2) is 5.96 Å². The number of nitrogens with zero attached hydrogens (tertiary/aromatic N) is 5. The Morgan fingerprint density at radius 2 is 2.17 bits per heavy atom. The number of hydrogen-bond donors (Lipinski definition) is 2. The van der Waals surface area contributed by atoms with Crippen LogP contribution in [0.15, 0.2) is 23.3 Å². The monoisotopic (exact) mass is 531 g/mol. The molecular formula is C20H31ClIN7. The quantitative estimate of drug-likeness (QED) is 0.341. The van der Waals surface area contributed by atoms with E-state index in [9.17, 15) is 0 Å². The molecular weight excluding hydrogens is 501 g/mol. The zero-order chi connectivity index (χ0) is 20.1. The summed E-state index contributed by atoms with van der Waals surface area (Å²) in [4.78, 5) is 11.4. The van der Waals surface area contributed by atoms with Gasteiger partial charge in [-0.3, -0.25) is 9.67 Å². The summed E-state index contributed by atoms with van der Waals surface area (Å²) in [6, 6.07) is 4.07. The first-order chi connectivity index (χ1) is 13.5. The molecule has 0 bridgehead atoms. The summed E-state index contributed by atoms with van der Waals surface area (Å²) in [6.07, 6.45) is 3.70. The molecule has 0 aliphatic carbocycles. The Morgan fingerprint density at radius 3 is 2.83 bits per heavy atom. The van der Waals surface area contributed by atoms with Crippen molar-refractivity contribution >= 4 is 47.4 Å². The summed E-state index contributed by atoms with van der Waals surface area (Å²) in [5.74, 6) is 1.72. The van der Waals surface area contributed by atoms with E-state index in [1.54, 1.807) is 6.20 Å². The third kappa shape index (κ3) is 5.97. The van der Waals surface area contributed by atoms with Gasteiger partial charge in [0.25, 0.3) is 0 Å². The lowest BCUT2D eigenvalue weighted by molar-refractivity contribution is 0.648. The number of anilines is 1. The van der Waals surface area contributed by atoms with Crippen molar-refractivity contribution in [2.75, 3.05) is 31.1 Å². The van der Waals surface area contributed by atoms with E-state index in [-0.39, 0.29) is 24.0 Å². The minimum atomic E-state index is 0. The van der Waals surface area contributed by atoms with E-state index in [4.69, 9.17) is 16.6 Å². The minimum Gasteiger partial charge on any atom is -0.357 e. The normalized spacial score (nSPS) is 16.7. The Hall–Kier alpha value is -1.55. The molecule has 160 valence electrons. The summed E-state index contributed by atoms with van der Waals surface area (Å²) < 4.78 is 1.94. The van der Waals surface area contributed by atoms with Gasteiger partial charge in [-0.15, -0.1) is 24.0 Å². The number of rotatable bonds is 6. The molecule has 1 fully saturated rings. The molecule has 1 saturated heterocycles. The number of aryl methyl sites for hydroxylation is 2. The number of aliphatic imine (C=N–C) groups is 1. The Balaban J connectivity index is 0.00000300. The Bertz CT molecular complexity index is 836. The van der Waals surface area contributed by atoms with Crippen molar-refractivity contribution in [3.8, 4) is 0 Å². The van der Waals surface area contributed by atoms with Gasteiger partial charge >= 0.3 is 0 Å².